The van der Waals surface area contributed by atoms with Crippen LogP contribution in [-0.2, 0) is 9.59 Å². The van der Waals surface area contributed by atoms with Gasteiger partial charge >= 0.3 is 5.97 Å². The highest BCUT2D eigenvalue weighted by Crippen LogP contribution is 2.34. The van der Waals surface area contributed by atoms with Gasteiger partial charge in [0.2, 0.25) is 11.8 Å². The number of carbonyl (C=O) groups is 3. The first-order chi connectivity index (χ1) is 10.5. The van der Waals surface area contributed by atoms with Crippen molar-refractivity contribution in [1.82, 2.24) is 0 Å². The van der Waals surface area contributed by atoms with Gasteiger partial charge in [-0.15, -0.1) is 0 Å². The van der Waals surface area contributed by atoms with Crippen molar-refractivity contribution in [2.24, 2.45) is 0 Å². The molecule has 1 aromatic carbocycles. The largest absolute Gasteiger partial charge is 0.478 e. The topological polar surface area (TPSA) is 77.9 Å². The molecule has 7 heteroatoms. The molecule has 1 aromatic rings. The molecule has 3 rings (SSSR count). The molecule has 0 radical (unpaired) electrons. The molecule has 0 aromatic heterocycles. The molecule has 0 unspecified atom stereocenters. The number of aromatic carboxylic acids is 1. The first-order valence-corrected chi connectivity index (χ1v) is 7.16. The van der Waals surface area contributed by atoms with Gasteiger partial charge in [-0.05, 0) is 25.0 Å². The lowest BCUT2D eigenvalue weighted by atomic mass is 10.1. The number of carbonyl (C=O) groups excluding carboxylic acids is 2. The maximum atomic E-state index is 14.5. The average Bonchev–Trinajstić information content (AvgIpc) is 3.06. The van der Waals surface area contributed by atoms with E-state index in [1.54, 1.807) is 0 Å². The van der Waals surface area contributed by atoms with Gasteiger partial charge in [0.05, 0.1) is 11.3 Å². The third-order valence-corrected chi connectivity index (χ3v) is 4.01. The quantitative estimate of drug-likeness (QED) is 0.923. The summed E-state index contributed by atoms with van der Waals surface area (Å²) in [6, 6.07) is 2.41. The smallest absolute Gasteiger partial charge is 0.338 e. The summed E-state index contributed by atoms with van der Waals surface area (Å²) in [4.78, 5) is 37.6. The Morgan fingerprint density at radius 2 is 1.64 bits per heavy atom. The molecule has 2 aliphatic rings. The van der Waals surface area contributed by atoms with Gasteiger partial charge in [0, 0.05) is 31.6 Å². The summed E-state index contributed by atoms with van der Waals surface area (Å²) in [5, 5.41) is 9.36. The fraction of sp³-hybridized carbons (Fsp3) is 0.400. The van der Waals surface area contributed by atoms with Crippen LogP contribution in [0.15, 0.2) is 12.1 Å². The van der Waals surface area contributed by atoms with Crippen LogP contribution < -0.4 is 9.80 Å². The van der Waals surface area contributed by atoms with Crippen LogP contribution in [-0.4, -0.2) is 36.0 Å². The fourth-order valence-corrected chi connectivity index (χ4v) is 2.98. The second-order valence-electron chi connectivity index (χ2n) is 5.43. The summed E-state index contributed by atoms with van der Waals surface area (Å²) >= 11 is 0. The minimum Gasteiger partial charge on any atom is -0.478 e. The molecule has 22 heavy (non-hydrogen) atoms. The van der Waals surface area contributed by atoms with Crippen molar-refractivity contribution in [2.75, 3.05) is 22.9 Å². The van der Waals surface area contributed by atoms with E-state index in [1.165, 1.54) is 15.9 Å². The van der Waals surface area contributed by atoms with Crippen LogP contribution in [0.25, 0.3) is 0 Å². The van der Waals surface area contributed by atoms with Gasteiger partial charge < -0.3 is 14.9 Å². The Balaban J connectivity index is 2.09. The van der Waals surface area contributed by atoms with Crippen LogP contribution in [0.2, 0.25) is 0 Å². The Morgan fingerprint density at radius 1 is 1.05 bits per heavy atom. The minimum absolute atomic E-state index is 0.152. The number of anilines is 2. The van der Waals surface area contributed by atoms with Crippen molar-refractivity contribution in [3.05, 3.63) is 23.5 Å². The van der Waals surface area contributed by atoms with E-state index in [-0.39, 0.29) is 35.2 Å². The van der Waals surface area contributed by atoms with E-state index in [1.807, 2.05) is 0 Å². The lowest BCUT2D eigenvalue weighted by Crippen LogP contribution is -2.28. The van der Waals surface area contributed by atoms with Gasteiger partial charge in [-0.1, -0.05) is 0 Å². The van der Waals surface area contributed by atoms with Crippen molar-refractivity contribution in [2.45, 2.75) is 25.7 Å². The van der Waals surface area contributed by atoms with E-state index in [0.717, 1.165) is 6.07 Å². The van der Waals surface area contributed by atoms with Crippen LogP contribution in [0.4, 0.5) is 15.8 Å². The second kappa shape index (κ2) is 5.40. The number of rotatable bonds is 3. The monoisotopic (exact) mass is 306 g/mol. The standard InChI is InChI=1S/C15H15FN2O4/c16-11-8-9(17-5-1-3-12(17)19)7-10(15(21)22)14(11)18-6-2-4-13(18)20/h7-8H,1-6H2,(H,21,22). The van der Waals surface area contributed by atoms with Gasteiger partial charge in [0.15, 0.2) is 0 Å². The van der Waals surface area contributed by atoms with Crippen LogP contribution in [0.1, 0.15) is 36.0 Å². The van der Waals surface area contributed by atoms with Crippen LogP contribution in [0.5, 0.6) is 0 Å². The molecular formula is C15H15FN2O4. The highest BCUT2D eigenvalue weighted by atomic mass is 19.1. The number of carboxylic acids is 1. The number of carboxylic acid groups (broad SMARTS) is 1. The van der Waals surface area contributed by atoms with Crippen molar-refractivity contribution in [1.29, 1.82) is 0 Å². The van der Waals surface area contributed by atoms with Crippen LogP contribution in [0, 0.1) is 5.82 Å². The predicted octanol–water partition coefficient (Wildman–Crippen LogP) is 1.78. The van der Waals surface area contributed by atoms with E-state index < -0.39 is 11.8 Å². The highest BCUT2D eigenvalue weighted by Gasteiger charge is 2.31. The number of hydrogen-bond donors (Lipinski definition) is 1. The number of nitrogens with zero attached hydrogens (tertiary/aromatic N) is 2. The molecular weight excluding hydrogens is 291 g/mol. The summed E-state index contributed by atoms with van der Waals surface area (Å²) in [7, 11) is 0. The summed E-state index contributed by atoms with van der Waals surface area (Å²) in [6.45, 7) is 0.747. The summed E-state index contributed by atoms with van der Waals surface area (Å²) in [5.41, 5.74) is -0.261. The zero-order valence-electron chi connectivity index (χ0n) is 11.8. The lowest BCUT2D eigenvalue weighted by Gasteiger charge is -2.22. The van der Waals surface area contributed by atoms with Crippen LogP contribution in [0.3, 0.4) is 0 Å². The van der Waals surface area contributed by atoms with Crippen molar-refractivity contribution < 1.29 is 23.9 Å². The van der Waals surface area contributed by atoms with Gasteiger partial charge in [-0.3, -0.25) is 9.59 Å². The van der Waals surface area contributed by atoms with Crippen molar-refractivity contribution in [3.8, 4) is 0 Å². The molecule has 116 valence electrons. The van der Waals surface area contributed by atoms with E-state index in [9.17, 15) is 23.9 Å². The predicted molar refractivity (Wildman–Crippen MR) is 76.5 cm³/mol. The summed E-state index contributed by atoms with van der Waals surface area (Å²) in [5.74, 6) is -2.54. The van der Waals surface area contributed by atoms with E-state index in [2.05, 4.69) is 0 Å². The Morgan fingerprint density at radius 3 is 2.14 bits per heavy atom. The number of halogens is 1. The maximum Gasteiger partial charge on any atom is 0.338 e. The van der Waals surface area contributed by atoms with Gasteiger partial charge in [-0.2, -0.15) is 0 Å². The lowest BCUT2D eigenvalue weighted by molar-refractivity contribution is -0.117. The first-order valence-electron chi connectivity index (χ1n) is 7.16. The van der Waals surface area contributed by atoms with Crippen LogP contribution >= 0.6 is 0 Å². The zero-order chi connectivity index (χ0) is 15.9. The molecule has 2 fully saturated rings. The molecule has 0 spiro atoms. The first kappa shape index (κ1) is 14.5. The molecule has 0 atom stereocenters. The molecule has 1 N–H and O–H groups in total. The van der Waals surface area contributed by atoms with E-state index in [0.29, 0.717) is 32.4 Å². The highest BCUT2D eigenvalue weighted by molar-refractivity contribution is 6.05. The molecule has 0 bridgehead atoms. The normalized spacial score (nSPS) is 18.4. The SMILES string of the molecule is O=C(O)c1cc(N2CCCC2=O)cc(F)c1N1CCCC1=O. The second-order valence-corrected chi connectivity index (χ2v) is 5.43. The van der Waals surface area contributed by atoms with E-state index >= 15 is 0 Å². The number of hydrogen-bond acceptors (Lipinski definition) is 3. The van der Waals surface area contributed by atoms with Gasteiger partial charge in [0.25, 0.3) is 0 Å². The summed E-state index contributed by atoms with van der Waals surface area (Å²) < 4.78 is 14.5. The van der Waals surface area contributed by atoms with Gasteiger partial charge in [-0.25, -0.2) is 9.18 Å². The third kappa shape index (κ3) is 2.32. The van der Waals surface area contributed by atoms with Crippen molar-refractivity contribution in [3.63, 3.8) is 0 Å². The van der Waals surface area contributed by atoms with Crippen molar-refractivity contribution >= 4 is 29.2 Å². The third-order valence-electron chi connectivity index (χ3n) is 4.01. The molecule has 2 aliphatic heterocycles. The molecule has 0 saturated carbocycles. The minimum atomic E-state index is -1.32. The Kier molecular flexibility index (Phi) is 3.56. The molecule has 0 aliphatic carbocycles. The molecule has 6 nitrogen and oxygen atoms in total. The molecule has 2 saturated heterocycles. The van der Waals surface area contributed by atoms with E-state index in [4.69, 9.17) is 0 Å². The fourth-order valence-electron chi connectivity index (χ4n) is 2.98. The maximum absolute atomic E-state index is 14.5. The number of benzene rings is 1. The average molecular weight is 306 g/mol. The molecule has 2 heterocycles. The Bertz CT molecular complexity index is 674. The molecule has 2 amide bonds. The van der Waals surface area contributed by atoms with Gasteiger partial charge in [0.1, 0.15) is 5.82 Å². The Hall–Kier alpha value is -2.44. The zero-order valence-corrected chi connectivity index (χ0v) is 11.8. The summed E-state index contributed by atoms with van der Waals surface area (Å²) in [6.07, 6.45) is 1.89. The number of amides is 2. The Labute approximate surface area is 126 Å².